The highest BCUT2D eigenvalue weighted by Crippen LogP contribution is 2.26. The lowest BCUT2D eigenvalue weighted by Crippen LogP contribution is -2.41. The Kier molecular flexibility index (Phi) is 4.98. The molecule has 0 radical (unpaired) electrons. The fourth-order valence-electron chi connectivity index (χ4n) is 3.62. The van der Waals surface area contributed by atoms with Crippen LogP contribution in [0.5, 0.6) is 0 Å². The van der Waals surface area contributed by atoms with Crippen molar-refractivity contribution in [2.24, 2.45) is 5.92 Å². The van der Waals surface area contributed by atoms with Crippen LogP contribution in [0.1, 0.15) is 31.2 Å². The van der Waals surface area contributed by atoms with E-state index >= 15 is 0 Å². The highest BCUT2D eigenvalue weighted by atomic mass is 16.2. The minimum atomic E-state index is 0.151. The van der Waals surface area contributed by atoms with Crippen molar-refractivity contribution < 1.29 is 4.79 Å². The van der Waals surface area contributed by atoms with E-state index in [1.165, 1.54) is 24.1 Å². The second-order valence-corrected chi connectivity index (χ2v) is 6.56. The number of piperidine rings is 1. The van der Waals surface area contributed by atoms with Gasteiger partial charge in [0.15, 0.2) is 0 Å². The fourth-order valence-corrected chi connectivity index (χ4v) is 3.62. The molecule has 0 bridgehead atoms. The summed E-state index contributed by atoms with van der Waals surface area (Å²) >= 11 is 0. The number of para-hydroxylation sites is 1. The molecule has 0 spiro atoms. The van der Waals surface area contributed by atoms with E-state index in [1.54, 1.807) is 0 Å². The Morgan fingerprint density at radius 3 is 2.77 bits per heavy atom. The van der Waals surface area contributed by atoms with Crippen LogP contribution in [0.3, 0.4) is 0 Å². The third kappa shape index (κ3) is 3.43. The molecular weight excluding hydrogens is 274 g/mol. The molecule has 1 N–H and O–H groups in total. The van der Waals surface area contributed by atoms with Crippen molar-refractivity contribution in [3.8, 4) is 0 Å². The zero-order chi connectivity index (χ0) is 15.4. The number of rotatable bonds is 4. The van der Waals surface area contributed by atoms with Gasteiger partial charge in [-0.15, -0.1) is 0 Å². The first-order valence-electron chi connectivity index (χ1n) is 8.54. The maximum Gasteiger partial charge on any atom is 0.227 e. The van der Waals surface area contributed by atoms with Crippen LogP contribution in [0.25, 0.3) is 0 Å². The van der Waals surface area contributed by atoms with Crippen LogP contribution >= 0.6 is 0 Å². The molecule has 0 saturated carbocycles. The number of benzene rings is 1. The van der Waals surface area contributed by atoms with Gasteiger partial charge in [-0.05, 0) is 43.9 Å². The van der Waals surface area contributed by atoms with Gasteiger partial charge in [0, 0.05) is 38.9 Å². The highest BCUT2D eigenvalue weighted by Gasteiger charge is 2.25. The van der Waals surface area contributed by atoms with Crippen molar-refractivity contribution >= 4 is 11.6 Å². The van der Waals surface area contributed by atoms with Gasteiger partial charge in [0.2, 0.25) is 5.91 Å². The van der Waals surface area contributed by atoms with Crippen LogP contribution in [-0.4, -0.2) is 44.0 Å². The monoisotopic (exact) mass is 301 g/mol. The SMILES string of the molecule is CN(Cc1ccccc1N1CCCC1)C(=O)[C@@H]1CCCNC1. The van der Waals surface area contributed by atoms with Crippen LogP contribution < -0.4 is 10.2 Å². The molecule has 4 nitrogen and oxygen atoms in total. The molecule has 120 valence electrons. The molecular formula is C18H27N3O. The Morgan fingerprint density at radius 1 is 1.27 bits per heavy atom. The van der Waals surface area contributed by atoms with Gasteiger partial charge in [-0.25, -0.2) is 0 Å². The van der Waals surface area contributed by atoms with Gasteiger partial charge >= 0.3 is 0 Å². The number of amides is 1. The molecule has 1 amide bonds. The van der Waals surface area contributed by atoms with Gasteiger partial charge in [-0.3, -0.25) is 4.79 Å². The van der Waals surface area contributed by atoms with Gasteiger partial charge < -0.3 is 15.1 Å². The topological polar surface area (TPSA) is 35.6 Å². The summed E-state index contributed by atoms with van der Waals surface area (Å²) in [6.45, 7) is 4.87. The summed E-state index contributed by atoms with van der Waals surface area (Å²) in [4.78, 5) is 17.0. The van der Waals surface area contributed by atoms with Crippen LogP contribution in [0.2, 0.25) is 0 Å². The predicted molar refractivity (Wildman–Crippen MR) is 90.0 cm³/mol. The van der Waals surface area contributed by atoms with Crippen molar-refractivity contribution in [3.05, 3.63) is 29.8 Å². The van der Waals surface area contributed by atoms with Crippen LogP contribution in [-0.2, 0) is 11.3 Å². The number of anilines is 1. The van der Waals surface area contributed by atoms with Gasteiger partial charge in [-0.1, -0.05) is 18.2 Å². The molecule has 0 unspecified atom stereocenters. The third-order valence-electron chi connectivity index (χ3n) is 4.87. The second-order valence-electron chi connectivity index (χ2n) is 6.56. The van der Waals surface area contributed by atoms with Crippen molar-refractivity contribution in [1.29, 1.82) is 0 Å². The normalized spacial score (nSPS) is 21.9. The summed E-state index contributed by atoms with van der Waals surface area (Å²) in [6, 6.07) is 8.54. The Labute approximate surface area is 133 Å². The fraction of sp³-hybridized carbons (Fsp3) is 0.611. The number of nitrogens with one attached hydrogen (secondary N) is 1. The van der Waals surface area contributed by atoms with Crippen molar-refractivity contribution in [1.82, 2.24) is 10.2 Å². The Balaban J connectivity index is 1.68. The van der Waals surface area contributed by atoms with Crippen molar-refractivity contribution in [2.75, 3.05) is 38.1 Å². The molecule has 2 aliphatic rings. The lowest BCUT2D eigenvalue weighted by molar-refractivity contribution is -0.135. The van der Waals surface area contributed by atoms with E-state index in [-0.39, 0.29) is 11.8 Å². The first-order chi connectivity index (χ1) is 10.8. The summed E-state index contributed by atoms with van der Waals surface area (Å²) in [6.07, 6.45) is 4.67. The minimum Gasteiger partial charge on any atom is -0.371 e. The molecule has 1 atom stereocenters. The maximum atomic E-state index is 12.6. The van der Waals surface area contributed by atoms with Crippen LogP contribution in [0.15, 0.2) is 24.3 Å². The van der Waals surface area contributed by atoms with Gasteiger partial charge in [0.25, 0.3) is 0 Å². The van der Waals surface area contributed by atoms with Gasteiger partial charge in [-0.2, -0.15) is 0 Å². The van der Waals surface area contributed by atoms with Crippen molar-refractivity contribution in [2.45, 2.75) is 32.2 Å². The lowest BCUT2D eigenvalue weighted by Gasteiger charge is -2.29. The molecule has 4 heteroatoms. The first kappa shape index (κ1) is 15.3. The summed E-state index contributed by atoms with van der Waals surface area (Å²) in [5, 5.41) is 3.33. The molecule has 2 fully saturated rings. The molecule has 1 aromatic carbocycles. The van der Waals surface area contributed by atoms with E-state index in [2.05, 4.69) is 34.5 Å². The molecule has 1 aromatic rings. The molecule has 2 heterocycles. The Bertz CT molecular complexity index is 505. The zero-order valence-corrected chi connectivity index (χ0v) is 13.6. The molecule has 2 aliphatic heterocycles. The predicted octanol–water partition coefficient (Wildman–Crippen LogP) is 2.24. The average Bonchev–Trinajstić information content (AvgIpc) is 3.10. The van der Waals surface area contributed by atoms with Gasteiger partial charge in [0.1, 0.15) is 0 Å². The van der Waals surface area contributed by atoms with Crippen LogP contribution in [0.4, 0.5) is 5.69 Å². The summed E-state index contributed by atoms with van der Waals surface area (Å²) in [5.41, 5.74) is 2.57. The number of hydrogen-bond donors (Lipinski definition) is 1. The quantitative estimate of drug-likeness (QED) is 0.926. The zero-order valence-electron chi connectivity index (χ0n) is 13.6. The van der Waals surface area contributed by atoms with E-state index in [0.717, 1.165) is 39.0 Å². The molecule has 22 heavy (non-hydrogen) atoms. The van der Waals surface area contributed by atoms with Gasteiger partial charge in [0.05, 0.1) is 5.92 Å². The summed E-state index contributed by atoms with van der Waals surface area (Å²) in [5.74, 6) is 0.432. The smallest absolute Gasteiger partial charge is 0.227 e. The highest BCUT2D eigenvalue weighted by molar-refractivity contribution is 5.79. The molecule has 0 aromatic heterocycles. The number of hydrogen-bond acceptors (Lipinski definition) is 3. The largest absolute Gasteiger partial charge is 0.371 e. The minimum absolute atomic E-state index is 0.151. The Morgan fingerprint density at radius 2 is 2.05 bits per heavy atom. The second kappa shape index (κ2) is 7.14. The van der Waals surface area contributed by atoms with Crippen molar-refractivity contribution in [3.63, 3.8) is 0 Å². The number of nitrogens with zero attached hydrogens (tertiary/aromatic N) is 2. The molecule has 3 rings (SSSR count). The average molecular weight is 301 g/mol. The Hall–Kier alpha value is -1.55. The number of carbonyl (C=O) groups excluding carboxylic acids is 1. The van der Waals surface area contributed by atoms with E-state index in [9.17, 15) is 4.79 Å². The van der Waals surface area contributed by atoms with E-state index in [1.807, 2.05) is 11.9 Å². The van der Waals surface area contributed by atoms with E-state index < -0.39 is 0 Å². The van der Waals surface area contributed by atoms with E-state index in [4.69, 9.17) is 0 Å². The maximum absolute atomic E-state index is 12.6. The lowest BCUT2D eigenvalue weighted by atomic mass is 9.98. The van der Waals surface area contributed by atoms with E-state index in [0.29, 0.717) is 6.54 Å². The third-order valence-corrected chi connectivity index (χ3v) is 4.87. The summed E-state index contributed by atoms with van der Waals surface area (Å²) < 4.78 is 0. The standard InChI is InChI=1S/C18H27N3O/c1-20(18(22)15-8-6-10-19-13-15)14-16-7-2-3-9-17(16)21-11-4-5-12-21/h2-3,7,9,15,19H,4-6,8,10-14H2,1H3/t15-/m1/s1. The van der Waals surface area contributed by atoms with Crippen LogP contribution in [0, 0.1) is 5.92 Å². The molecule has 0 aliphatic carbocycles. The summed E-state index contributed by atoms with van der Waals surface area (Å²) in [7, 11) is 1.94. The molecule has 2 saturated heterocycles. The first-order valence-corrected chi connectivity index (χ1v) is 8.54. The number of carbonyl (C=O) groups is 1.